The maximum Gasteiger partial charge on any atom is 0.163 e. The molecule has 3 aromatic rings. The summed E-state index contributed by atoms with van der Waals surface area (Å²) < 4.78 is 13.3. The first-order chi connectivity index (χ1) is 10.8. The van der Waals surface area contributed by atoms with Crippen molar-refractivity contribution in [3.05, 3.63) is 53.9 Å². The van der Waals surface area contributed by atoms with E-state index in [4.69, 9.17) is 14.7 Å². The molecule has 0 spiro atoms. The second kappa shape index (κ2) is 5.08. The summed E-state index contributed by atoms with van der Waals surface area (Å²) in [5, 5.41) is 8.99. The summed E-state index contributed by atoms with van der Waals surface area (Å²) in [5.74, 6) is 1.50. The quantitative estimate of drug-likeness (QED) is 0.728. The Kier molecular flexibility index (Phi) is 2.94. The van der Waals surface area contributed by atoms with Gasteiger partial charge < -0.3 is 14.0 Å². The highest BCUT2D eigenvalue weighted by atomic mass is 16.6. The summed E-state index contributed by atoms with van der Waals surface area (Å²) in [7, 11) is 0. The molecule has 0 aliphatic carbocycles. The van der Waals surface area contributed by atoms with Crippen molar-refractivity contribution in [3.8, 4) is 17.6 Å². The van der Waals surface area contributed by atoms with Crippen LogP contribution in [0.3, 0.4) is 0 Å². The summed E-state index contributed by atoms with van der Waals surface area (Å²) >= 11 is 0. The van der Waals surface area contributed by atoms with E-state index in [9.17, 15) is 0 Å². The molecule has 5 nitrogen and oxygen atoms in total. The molecule has 0 radical (unpaired) electrons. The van der Waals surface area contributed by atoms with Gasteiger partial charge in [0, 0.05) is 18.7 Å². The molecule has 4 rings (SSSR count). The van der Waals surface area contributed by atoms with E-state index in [1.807, 2.05) is 34.9 Å². The van der Waals surface area contributed by atoms with Crippen molar-refractivity contribution >= 4 is 11.0 Å². The zero-order valence-electron chi connectivity index (χ0n) is 11.8. The fourth-order valence-electron chi connectivity index (χ4n) is 2.66. The Morgan fingerprint density at radius 1 is 1.14 bits per heavy atom. The first kappa shape index (κ1) is 12.7. The van der Waals surface area contributed by atoms with E-state index >= 15 is 0 Å². The third-order valence-electron chi connectivity index (χ3n) is 3.69. The predicted octanol–water partition coefficient (Wildman–Crippen LogP) is 2.73. The van der Waals surface area contributed by atoms with Crippen LogP contribution in [0.1, 0.15) is 11.1 Å². The van der Waals surface area contributed by atoms with E-state index in [-0.39, 0.29) is 0 Å². The molecule has 1 aromatic heterocycles. The molecule has 0 N–H and O–H groups in total. The standard InChI is InChI=1S/C17H13N3O2/c18-9-12-2-1-3-13(6-12)10-20-11-19-14-7-16-17(8-15(14)20)22-5-4-21-16/h1-3,6-8,11H,4-5,10H2. The lowest BCUT2D eigenvalue weighted by Crippen LogP contribution is -2.15. The van der Waals surface area contributed by atoms with Gasteiger partial charge in [-0.2, -0.15) is 5.26 Å². The summed E-state index contributed by atoms with van der Waals surface area (Å²) in [6.45, 7) is 1.79. The maximum absolute atomic E-state index is 8.99. The maximum atomic E-state index is 8.99. The van der Waals surface area contributed by atoms with Crippen molar-refractivity contribution in [2.75, 3.05) is 13.2 Å². The molecule has 0 atom stereocenters. The van der Waals surface area contributed by atoms with Crippen LogP contribution in [0.2, 0.25) is 0 Å². The van der Waals surface area contributed by atoms with E-state index in [1.165, 1.54) is 0 Å². The van der Waals surface area contributed by atoms with E-state index in [1.54, 1.807) is 12.4 Å². The fraction of sp³-hybridized carbons (Fsp3) is 0.176. The lowest BCUT2D eigenvalue weighted by atomic mass is 10.1. The molecule has 1 aliphatic rings. The van der Waals surface area contributed by atoms with Crippen LogP contribution < -0.4 is 9.47 Å². The normalized spacial score (nSPS) is 13.0. The SMILES string of the molecule is N#Cc1cccc(Cn2cnc3cc4c(cc32)OCCO4)c1. The number of aromatic nitrogens is 2. The Bertz CT molecular complexity index is 893. The van der Waals surface area contributed by atoms with Crippen LogP contribution in [0, 0.1) is 11.3 Å². The van der Waals surface area contributed by atoms with Crippen LogP contribution in [0.25, 0.3) is 11.0 Å². The van der Waals surface area contributed by atoms with Gasteiger partial charge >= 0.3 is 0 Å². The topological polar surface area (TPSA) is 60.1 Å². The first-order valence-electron chi connectivity index (χ1n) is 7.07. The van der Waals surface area contributed by atoms with E-state index in [2.05, 4.69) is 11.1 Å². The zero-order chi connectivity index (χ0) is 14.9. The third kappa shape index (κ3) is 2.15. The number of fused-ring (bicyclic) bond motifs is 2. The van der Waals surface area contributed by atoms with Crippen LogP contribution in [-0.2, 0) is 6.54 Å². The second-order valence-corrected chi connectivity index (χ2v) is 5.17. The predicted molar refractivity (Wildman–Crippen MR) is 81.0 cm³/mol. The number of ether oxygens (including phenoxy) is 2. The van der Waals surface area contributed by atoms with Crippen molar-refractivity contribution in [2.24, 2.45) is 0 Å². The highest BCUT2D eigenvalue weighted by Crippen LogP contribution is 2.34. The van der Waals surface area contributed by atoms with Crippen molar-refractivity contribution in [1.82, 2.24) is 9.55 Å². The van der Waals surface area contributed by atoms with Crippen LogP contribution in [-0.4, -0.2) is 22.8 Å². The number of rotatable bonds is 2. The van der Waals surface area contributed by atoms with Crippen LogP contribution in [0.15, 0.2) is 42.7 Å². The monoisotopic (exact) mass is 291 g/mol. The van der Waals surface area contributed by atoms with Gasteiger partial charge in [-0.25, -0.2) is 4.98 Å². The Morgan fingerprint density at radius 2 is 1.95 bits per heavy atom. The molecule has 5 heteroatoms. The van der Waals surface area contributed by atoms with Crippen LogP contribution in [0.5, 0.6) is 11.5 Å². The van der Waals surface area contributed by atoms with Gasteiger partial charge in [0.25, 0.3) is 0 Å². The smallest absolute Gasteiger partial charge is 0.163 e. The Labute approximate surface area is 127 Å². The van der Waals surface area contributed by atoms with Gasteiger partial charge in [-0.05, 0) is 17.7 Å². The molecule has 0 unspecified atom stereocenters. The summed E-state index contributed by atoms with van der Waals surface area (Å²) in [5.41, 5.74) is 3.59. The number of hydrogen-bond acceptors (Lipinski definition) is 4. The molecule has 2 heterocycles. The summed E-state index contributed by atoms with van der Waals surface area (Å²) in [4.78, 5) is 4.43. The highest BCUT2D eigenvalue weighted by Gasteiger charge is 2.15. The minimum Gasteiger partial charge on any atom is -0.486 e. The molecule has 2 aromatic carbocycles. The molecule has 0 amide bonds. The van der Waals surface area contributed by atoms with Crippen molar-refractivity contribution in [2.45, 2.75) is 6.54 Å². The highest BCUT2D eigenvalue weighted by molar-refractivity contribution is 5.80. The molecule has 108 valence electrons. The summed E-state index contributed by atoms with van der Waals surface area (Å²) in [6, 6.07) is 13.6. The number of hydrogen-bond donors (Lipinski definition) is 0. The van der Waals surface area contributed by atoms with Gasteiger partial charge in [-0.15, -0.1) is 0 Å². The van der Waals surface area contributed by atoms with Gasteiger partial charge in [0.2, 0.25) is 0 Å². The Hall–Kier alpha value is -3.00. The van der Waals surface area contributed by atoms with Crippen LogP contribution >= 0.6 is 0 Å². The van der Waals surface area contributed by atoms with Gasteiger partial charge in [0.1, 0.15) is 13.2 Å². The van der Waals surface area contributed by atoms with Gasteiger partial charge in [0.15, 0.2) is 11.5 Å². The van der Waals surface area contributed by atoms with E-state index in [0.29, 0.717) is 25.3 Å². The average molecular weight is 291 g/mol. The molecule has 0 fully saturated rings. The Morgan fingerprint density at radius 3 is 2.77 bits per heavy atom. The molecule has 0 saturated carbocycles. The number of nitriles is 1. The molecular formula is C17H13N3O2. The zero-order valence-corrected chi connectivity index (χ0v) is 11.8. The number of imidazole rings is 1. The van der Waals surface area contributed by atoms with Crippen molar-refractivity contribution < 1.29 is 9.47 Å². The van der Waals surface area contributed by atoms with Crippen molar-refractivity contribution in [3.63, 3.8) is 0 Å². The van der Waals surface area contributed by atoms with Crippen LogP contribution in [0.4, 0.5) is 0 Å². The summed E-state index contributed by atoms with van der Waals surface area (Å²) in [6.07, 6.45) is 1.80. The fourth-order valence-corrected chi connectivity index (χ4v) is 2.66. The second-order valence-electron chi connectivity index (χ2n) is 5.17. The van der Waals surface area contributed by atoms with Gasteiger partial charge in [-0.3, -0.25) is 0 Å². The lowest BCUT2D eigenvalue weighted by molar-refractivity contribution is 0.172. The Balaban J connectivity index is 1.74. The van der Waals surface area contributed by atoms with Crippen molar-refractivity contribution in [1.29, 1.82) is 5.26 Å². The molecular weight excluding hydrogens is 278 g/mol. The molecule has 0 saturated heterocycles. The molecule has 22 heavy (non-hydrogen) atoms. The van der Waals surface area contributed by atoms with Gasteiger partial charge in [-0.1, -0.05) is 12.1 Å². The van der Waals surface area contributed by atoms with E-state index < -0.39 is 0 Å². The molecule has 1 aliphatic heterocycles. The first-order valence-corrected chi connectivity index (χ1v) is 7.07. The largest absolute Gasteiger partial charge is 0.486 e. The minimum absolute atomic E-state index is 0.566. The third-order valence-corrected chi connectivity index (χ3v) is 3.69. The minimum atomic E-state index is 0.566. The van der Waals surface area contributed by atoms with Gasteiger partial charge in [0.05, 0.1) is 29.0 Å². The lowest BCUT2D eigenvalue weighted by Gasteiger charge is -2.18. The number of benzene rings is 2. The van der Waals surface area contributed by atoms with E-state index in [0.717, 1.165) is 28.1 Å². The average Bonchev–Trinajstić information content (AvgIpc) is 2.95. The molecule has 0 bridgehead atoms. The number of nitrogens with zero attached hydrogens (tertiary/aromatic N) is 3.